The lowest BCUT2D eigenvalue weighted by Gasteiger charge is -2.12. The van der Waals surface area contributed by atoms with Crippen molar-refractivity contribution < 1.29 is 14.3 Å². The van der Waals surface area contributed by atoms with Gasteiger partial charge in [0.15, 0.2) is 11.7 Å². The van der Waals surface area contributed by atoms with Crippen LogP contribution in [0.4, 0.5) is 0 Å². The summed E-state index contributed by atoms with van der Waals surface area (Å²) in [5.41, 5.74) is 6.06. The molecular weight excluding hydrogens is 442 g/mol. The van der Waals surface area contributed by atoms with Crippen molar-refractivity contribution >= 4 is 56.7 Å². The molecule has 0 atom stereocenters. The van der Waals surface area contributed by atoms with Gasteiger partial charge in [0.2, 0.25) is 0 Å². The summed E-state index contributed by atoms with van der Waals surface area (Å²) in [4.78, 5) is 23.8. The average molecular weight is 457 g/mol. The van der Waals surface area contributed by atoms with Gasteiger partial charge in [-0.25, -0.2) is 0 Å². The highest BCUT2D eigenvalue weighted by molar-refractivity contribution is 9.10. The number of amides is 2. The molecule has 0 aliphatic rings. The van der Waals surface area contributed by atoms with E-state index < -0.39 is 11.8 Å². The van der Waals surface area contributed by atoms with Crippen LogP contribution in [-0.2, 0) is 4.79 Å². The van der Waals surface area contributed by atoms with Crippen molar-refractivity contribution in [2.45, 2.75) is 6.92 Å². The van der Waals surface area contributed by atoms with Crippen LogP contribution >= 0.6 is 39.7 Å². The third-order valence-corrected chi connectivity index (χ3v) is 4.06. The van der Waals surface area contributed by atoms with Crippen molar-refractivity contribution in [3.05, 3.63) is 63.1 Å². The van der Waals surface area contributed by atoms with Crippen LogP contribution in [0.1, 0.15) is 15.9 Å². The molecule has 2 rings (SSSR count). The molecular formula is C17H15BrClN3O3S. The lowest BCUT2D eigenvalue weighted by atomic mass is 10.2. The highest BCUT2D eigenvalue weighted by Crippen LogP contribution is 2.21. The maximum atomic E-state index is 11.9. The number of rotatable bonds is 4. The molecule has 6 nitrogen and oxygen atoms in total. The van der Waals surface area contributed by atoms with E-state index in [1.165, 1.54) is 6.07 Å². The molecule has 0 fully saturated rings. The lowest BCUT2D eigenvalue weighted by Crippen LogP contribution is -2.49. The standard InChI is InChI=1S/C17H15BrClN3O3S/c1-10-7-12(18)5-6-14(10)25-9-15(23)20-17(26)22-21-16(24)11-3-2-4-13(19)8-11/h2-8H,9H2,1H3,(H,21,24)(H2,20,22,23,26). The van der Waals surface area contributed by atoms with Crippen molar-refractivity contribution in [3.63, 3.8) is 0 Å². The zero-order chi connectivity index (χ0) is 19.1. The minimum Gasteiger partial charge on any atom is -0.483 e. The van der Waals surface area contributed by atoms with Gasteiger partial charge in [-0.2, -0.15) is 0 Å². The van der Waals surface area contributed by atoms with Gasteiger partial charge in [0.05, 0.1) is 0 Å². The summed E-state index contributed by atoms with van der Waals surface area (Å²) >= 11 is 14.1. The molecule has 0 heterocycles. The monoisotopic (exact) mass is 455 g/mol. The normalized spacial score (nSPS) is 9.96. The highest BCUT2D eigenvalue weighted by Gasteiger charge is 2.09. The molecule has 136 valence electrons. The molecule has 9 heteroatoms. The molecule has 0 saturated carbocycles. The minimum atomic E-state index is -0.457. The van der Waals surface area contributed by atoms with Crippen molar-refractivity contribution in [3.8, 4) is 5.75 Å². The van der Waals surface area contributed by atoms with E-state index in [1.807, 2.05) is 19.1 Å². The molecule has 0 spiro atoms. The topological polar surface area (TPSA) is 79.5 Å². The number of hydrogen-bond donors (Lipinski definition) is 3. The van der Waals surface area contributed by atoms with Gasteiger partial charge < -0.3 is 4.74 Å². The predicted molar refractivity (Wildman–Crippen MR) is 107 cm³/mol. The first-order valence-electron chi connectivity index (χ1n) is 7.40. The first-order valence-corrected chi connectivity index (χ1v) is 8.98. The number of aryl methyl sites for hydroxylation is 1. The summed E-state index contributed by atoms with van der Waals surface area (Å²) in [6.45, 7) is 1.65. The fourth-order valence-corrected chi connectivity index (χ4v) is 2.76. The summed E-state index contributed by atoms with van der Waals surface area (Å²) in [5, 5.41) is 2.79. The van der Waals surface area contributed by atoms with E-state index in [2.05, 4.69) is 32.1 Å². The summed E-state index contributed by atoms with van der Waals surface area (Å²) in [6, 6.07) is 11.9. The molecule has 0 aliphatic carbocycles. The number of hydrazine groups is 1. The van der Waals surface area contributed by atoms with Crippen LogP contribution < -0.4 is 20.9 Å². The quantitative estimate of drug-likeness (QED) is 0.487. The van der Waals surface area contributed by atoms with Gasteiger partial charge >= 0.3 is 0 Å². The number of benzene rings is 2. The van der Waals surface area contributed by atoms with Crippen molar-refractivity contribution in [1.29, 1.82) is 0 Å². The molecule has 3 N–H and O–H groups in total. The number of ether oxygens (including phenoxy) is 1. The molecule has 0 aliphatic heterocycles. The lowest BCUT2D eigenvalue weighted by molar-refractivity contribution is -0.121. The smallest absolute Gasteiger partial charge is 0.269 e. The number of halogens is 2. The van der Waals surface area contributed by atoms with Crippen LogP contribution in [0.25, 0.3) is 0 Å². The second kappa shape index (κ2) is 9.51. The summed E-state index contributed by atoms with van der Waals surface area (Å²) in [7, 11) is 0. The highest BCUT2D eigenvalue weighted by atomic mass is 79.9. The van der Waals surface area contributed by atoms with E-state index in [0.717, 1.165) is 10.0 Å². The Morgan fingerprint density at radius 1 is 1.19 bits per heavy atom. The Hall–Kier alpha value is -2.16. The van der Waals surface area contributed by atoms with Gasteiger partial charge in [-0.15, -0.1) is 0 Å². The van der Waals surface area contributed by atoms with Crippen LogP contribution in [0.3, 0.4) is 0 Å². The Labute approximate surface area is 169 Å². The summed E-state index contributed by atoms with van der Waals surface area (Å²) < 4.78 is 6.36. The van der Waals surface area contributed by atoms with Crippen molar-refractivity contribution in [2.75, 3.05) is 6.61 Å². The molecule has 0 unspecified atom stereocenters. The third-order valence-electron chi connectivity index (χ3n) is 3.13. The molecule has 0 saturated heterocycles. The first kappa shape index (κ1) is 20.2. The molecule has 2 aromatic rings. The summed E-state index contributed by atoms with van der Waals surface area (Å²) in [6.07, 6.45) is 0. The Kier molecular flexibility index (Phi) is 7.38. The Bertz CT molecular complexity index is 848. The number of nitrogens with one attached hydrogen (secondary N) is 3. The molecule has 0 aromatic heterocycles. The second-order valence-corrected chi connectivity index (χ2v) is 6.93. The SMILES string of the molecule is Cc1cc(Br)ccc1OCC(=O)NC(=S)NNC(=O)c1cccc(Cl)c1. The maximum absolute atomic E-state index is 11.9. The first-order chi connectivity index (χ1) is 12.3. The zero-order valence-electron chi connectivity index (χ0n) is 13.6. The number of hydrogen-bond acceptors (Lipinski definition) is 4. The van der Waals surface area contributed by atoms with Crippen LogP contribution in [0.15, 0.2) is 46.9 Å². The van der Waals surface area contributed by atoms with E-state index in [4.69, 9.17) is 28.6 Å². The Morgan fingerprint density at radius 2 is 1.96 bits per heavy atom. The van der Waals surface area contributed by atoms with Gasteiger partial charge in [-0.3, -0.25) is 25.8 Å². The fourth-order valence-electron chi connectivity index (χ4n) is 1.93. The fraction of sp³-hybridized carbons (Fsp3) is 0.118. The predicted octanol–water partition coefficient (Wildman–Crippen LogP) is 3.13. The van der Waals surface area contributed by atoms with Gasteiger partial charge in [-0.05, 0) is 61.1 Å². The zero-order valence-corrected chi connectivity index (χ0v) is 16.8. The Balaban J connectivity index is 1.76. The van der Waals surface area contributed by atoms with Crippen LogP contribution in [0.5, 0.6) is 5.75 Å². The number of thiocarbonyl (C=S) groups is 1. The molecule has 0 radical (unpaired) electrons. The van der Waals surface area contributed by atoms with E-state index in [-0.39, 0.29) is 11.7 Å². The van der Waals surface area contributed by atoms with Gasteiger partial charge in [0.1, 0.15) is 5.75 Å². The van der Waals surface area contributed by atoms with Crippen LogP contribution in [-0.4, -0.2) is 23.5 Å². The van der Waals surface area contributed by atoms with Gasteiger partial charge in [0.25, 0.3) is 11.8 Å². The van der Waals surface area contributed by atoms with Crippen LogP contribution in [0.2, 0.25) is 5.02 Å². The number of carbonyl (C=O) groups excluding carboxylic acids is 2. The second-order valence-electron chi connectivity index (χ2n) is 5.17. The average Bonchev–Trinajstić information content (AvgIpc) is 2.59. The maximum Gasteiger partial charge on any atom is 0.269 e. The molecule has 2 aromatic carbocycles. The van der Waals surface area contributed by atoms with Crippen molar-refractivity contribution in [1.82, 2.24) is 16.2 Å². The van der Waals surface area contributed by atoms with Crippen molar-refractivity contribution in [2.24, 2.45) is 0 Å². The van der Waals surface area contributed by atoms with E-state index in [0.29, 0.717) is 16.3 Å². The number of carbonyl (C=O) groups is 2. The molecule has 0 bridgehead atoms. The largest absolute Gasteiger partial charge is 0.483 e. The molecule has 26 heavy (non-hydrogen) atoms. The minimum absolute atomic E-state index is 0.0542. The van der Waals surface area contributed by atoms with E-state index in [9.17, 15) is 9.59 Å². The van der Waals surface area contributed by atoms with E-state index >= 15 is 0 Å². The van der Waals surface area contributed by atoms with Gasteiger partial charge in [0, 0.05) is 15.1 Å². The van der Waals surface area contributed by atoms with Gasteiger partial charge in [-0.1, -0.05) is 33.6 Å². The van der Waals surface area contributed by atoms with Crippen LogP contribution in [0, 0.1) is 6.92 Å². The third kappa shape index (κ3) is 6.29. The van der Waals surface area contributed by atoms with E-state index in [1.54, 1.807) is 24.3 Å². The Morgan fingerprint density at radius 3 is 2.65 bits per heavy atom. The summed E-state index contributed by atoms with van der Waals surface area (Å²) in [5.74, 6) is -0.302. The molecule has 2 amide bonds.